The summed E-state index contributed by atoms with van der Waals surface area (Å²) in [6.07, 6.45) is -4.21. The van der Waals surface area contributed by atoms with E-state index in [0.29, 0.717) is 24.2 Å². The van der Waals surface area contributed by atoms with E-state index in [1.807, 2.05) is 47.0 Å². The molecule has 0 radical (unpaired) electrons. The van der Waals surface area contributed by atoms with E-state index in [0.717, 1.165) is 49.7 Å². The Kier molecular flexibility index (Phi) is 8.30. The van der Waals surface area contributed by atoms with Crippen LogP contribution in [0, 0.1) is 11.8 Å². The average Bonchev–Trinajstić information content (AvgIpc) is 3.49. The molecule has 1 saturated heterocycles. The smallest absolute Gasteiger partial charge is 0.490 e. The number of nitrogens with zero attached hydrogens (tertiary/aromatic N) is 4. The molecule has 0 spiro atoms. The number of fused-ring (bicyclic) bond motifs is 2. The van der Waals surface area contributed by atoms with Gasteiger partial charge < -0.3 is 19.7 Å². The van der Waals surface area contributed by atoms with Gasteiger partial charge in [-0.15, -0.1) is 10.2 Å². The van der Waals surface area contributed by atoms with Crippen molar-refractivity contribution in [1.82, 2.24) is 25.0 Å². The van der Waals surface area contributed by atoms with Crippen molar-refractivity contribution >= 4 is 11.9 Å². The summed E-state index contributed by atoms with van der Waals surface area (Å²) in [4.78, 5) is 24.1. The first-order valence-electron chi connectivity index (χ1n) is 12.0. The van der Waals surface area contributed by atoms with Gasteiger partial charge in [-0.05, 0) is 35.1 Å². The molecule has 9 nitrogen and oxygen atoms in total. The third-order valence-electron chi connectivity index (χ3n) is 6.62. The fourth-order valence-electron chi connectivity index (χ4n) is 4.80. The molecule has 0 saturated carbocycles. The van der Waals surface area contributed by atoms with Gasteiger partial charge in [-0.3, -0.25) is 9.69 Å². The summed E-state index contributed by atoms with van der Waals surface area (Å²) in [5.41, 5.74) is 2.33. The molecule has 3 heterocycles. The van der Waals surface area contributed by atoms with Crippen LogP contribution in [0.1, 0.15) is 27.6 Å². The molecule has 0 bridgehead atoms. The van der Waals surface area contributed by atoms with E-state index >= 15 is 0 Å². The zero-order valence-corrected chi connectivity index (χ0v) is 20.7. The number of carboxylic acids is 1. The summed E-state index contributed by atoms with van der Waals surface area (Å²) < 4.78 is 39.1. The molecule has 2 atom stereocenters. The van der Waals surface area contributed by atoms with Crippen LogP contribution in [-0.2, 0) is 30.8 Å². The van der Waals surface area contributed by atoms with Gasteiger partial charge in [0.25, 0.3) is 5.91 Å². The van der Waals surface area contributed by atoms with E-state index in [9.17, 15) is 18.0 Å². The van der Waals surface area contributed by atoms with Gasteiger partial charge in [-0.2, -0.15) is 13.2 Å². The maximum absolute atomic E-state index is 12.8. The van der Waals surface area contributed by atoms with Crippen LogP contribution < -0.4 is 10.1 Å². The van der Waals surface area contributed by atoms with Crippen LogP contribution in [0.25, 0.3) is 0 Å². The van der Waals surface area contributed by atoms with Gasteiger partial charge in [0, 0.05) is 39.1 Å². The van der Waals surface area contributed by atoms with Crippen LogP contribution in [-0.4, -0.2) is 63.0 Å². The molecular formula is C26H28F3N5O4. The minimum atomic E-state index is -5.08. The van der Waals surface area contributed by atoms with E-state index in [1.54, 1.807) is 7.11 Å². The molecule has 202 valence electrons. The molecule has 0 aliphatic carbocycles. The Morgan fingerprint density at radius 3 is 2.39 bits per heavy atom. The predicted molar refractivity (Wildman–Crippen MR) is 130 cm³/mol. The van der Waals surface area contributed by atoms with Crippen LogP contribution >= 0.6 is 0 Å². The van der Waals surface area contributed by atoms with Gasteiger partial charge >= 0.3 is 12.1 Å². The fourth-order valence-corrected chi connectivity index (χ4v) is 4.80. The number of carboxylic acid groups (broad SMARTS) is 1. The summed E-state index contributed by atoms with van der Waals surface area (Å²) in [7, 11) is 1.70. The second-order valence-electron chi connectivity index (χ2n) is 9.29. The molecule has 38 heavy (non-hydrogen) atoms. The van der Waals surface area contributed by atoms with Crippen LogP contribution in [0.5, 0.6) is 5.75 Å². The lowest BCUT2D eigenvalue weighted by molar-refractivity contribution is -0.192. The van der Waals surface area contributed by atoms with Crippen molar-refractivity contribution in [3.05, 3.63) is 77.4 Å². The van der Waals surface area contributed by atoms with Crippen LogP contribution in [0.2, 0.25) is 0 Å². The normalized spacial score (nSPS) is 18.5. The number of benzene rings is 2. The van der Waals surface area contributed by atoms with Gasteiger partial charge in [0.05, 0.1) is 7.11 Å². The number of nitrogens with one attached hydrogen (secondary N) is 1. The minimum Gasteiger partial charge on any atom is -0.497 e. The zero-order chi connectivity index (χ0) is 27.3. The van der Waals surface area contributed by atoms with Gasteiger partial charge in [0.1, 0.15) is 11.6 Å². The van der Waals surface area contributed by atoms with Gasteiger partial charge in [0.2, 0.25) is 5.82 Å². The Bertz CT molecular complexity index is 1270. The van der Waals surface area contributed by atoms with Crippen molar-refractivity contribution in [3.8, 4) is 5.75 Å². The highest BCUT2D eigenvalue weighted by molar-refractivity contribution is 5.90. The van der Waals surface area contributed by atoms with Crippen molar-refractivity contribution in [2.75, 3.05) is 20.2 Å². The van der Waals surface area contributed by atoms with E-state index in [-0.39, 0.29) is 5.91 Å². The van der Waals surface area contributed by atoms with Crippen LogP contribution in [0.3, 0.4) is 0 Å². The number of halogens is 3. The molecular weight excluding hydrogens is 503 g/mol. The first-order chi connectivity index (χ1) is 18.1. The molecule has 2 N–H and O–H groups in total. The van der Waals surface area contributed by atoms with Crippen LogP contribution in [0.15, 0.2) is 54.6 Å². The lowest BCUT2D eigenvalue weighted by Crippen LogP contribution is -2.32. The number of hydrogen-bond acceptors (Lipinski definition) is 6. The number of ether oxygens (including phenoxy) is 1. The number of carbonyl (C=O) groups is 2. The van der Waals surface area contributed by atoms with Crippen molar-refractivity contribution in [3.63, 3.8) is 0 Å². The highest BCUT2D eigenvalue weighted by Crippen LogP contribution is 2.33. The fraction of sp³-hybridized carbons (Fsp3) is 0.385. The molecule has 1 amide bonds. The maximum Gasteiger partial charge on any atom is 0.490 e. The van der Waals surface area contributed by atoms with Gasteiger partial charge in [-0.25, -0.2) is 4.79 Å². The number of aliphatic carboxylic acids is 1. The van der Waals surface area contributed by atoms with E-state index in [1.165, 1.54) is 5.56 Å². The molecule has 2 unspecified atom stereocenters. The molecule has 2 aliphatic heterocycles. The quantitative estimate of drug-likeness (QED) is 0.503. The zero-order valence-electron chi connectivity index (χ0n) is 20.7. The third-order valence-corrected chi connectivity index (χ3v) is 6.62. The minimum absolute atomic E-state index is 0.160. The lowest BCUT2D eigenvalue weighted by Gasteiger charge is -2.25. The monoisotopic (exact) mass is 531 g/mol. The molecule has 2 aliphatic rings. The second-order valence-corrected chi connectivity index (χ2v) is 9.29. The number of rotatable bonds is 6. The highest BCUT2D eigenvalue weighted by atomic mass is 19.4. The van der Waals surface area contributed by atoms with Crippen LogP contribution in [0.4, 0.5) is 13.2 Å². The summed E-state index contributed by atoms with van der Waals surface area (Å²) in [5, 5.41) is 18.7. The number of alkyl halides is 3. The summed E-state index contributed by atoms with van der Waals surface area (Å²) in [6.45, 7) is 4.27. The average molecular weight is 532 g/mol. The van der Waals surface area contributed by atoms with Gasteiger partial charge in [0.15, 0.2) is 0 Å². The Morgan fingerprint density at radius 2 is 1.71 bits per heavy atom. The number of likely N-dealkylation sites (tertiary alicyclic amines) is 1. The highest BCUT2D eigenvalue weighted by Gasteiger charge is 2.39. The van der Waals surface area contributed by atoms with Crippen molar-refractivity contribution in [2.24, 2.45) is 11.8 Å². The van der Waals surface area contributed by atoms with Crippen molar-refractivity contribution < 1.29 is 32.6 Å². The van der Waals surface area contributed by atoms with Crippen molar-refractivity contribution in [2.45, 2.75) is 32.2 Å². The Hall–Kier alpha value is -3.93. The lowest BCUT2D eigenvalue weighted by atomic mass is 9.89. The third kappa shape index (κ3) is 6.68. The Labute approximate surface area is 217 Å². The molecule has 3 aromatic rings. The molecule has 12 heteroatoms. The summed E-state index contributed by atoms with van der Waals surface area (Å²) in [6, 6.07) is 18.2. The summed E-state index contributed by atoms with van der Waals surface area (Å²) >= 11 is 0. The number of methoxy groups -OCH3 is 1. The number of amides is 1. The predicted octanol–water partition coefficient (Wildman–Crippen LogP) is 3.15. The second kappa shape index (κ2) is 11.6. The topological polar surface area (TPSA) is 110 Å². The largest absolute Gasteiger partial charge is 0.497 e. The summed E-state index contributed by atoms with van der Waals surface area (Å²) in [5.74, 6) is 0.397. The van der Waals surface area contributed by atoms with Crippen molar-refractivity contribution in [1.29, 1.82) is 0 Å². The first kappa shape index (κ1) is 27.1. The molecule has 2 aromatic carbocycles. The van der Waals surface area contributed by atoms with E-state index in [4.69, 9.17) is 14.6 Å². The van der Waals surface area contributed by atoms with E-state index in [2.05, 4.69) is 32.5 Å². The van der Waals surface area contributed by atoms with E-state index < -0.39 is 12.1 Å². The maximum atomic E-state index is 12.8. The molecule has 5 rings (SSSR count). The standard InChI is InChI=1S/C24H27N5O2.C2HF3O2/c1-31-21-9-5-8-18(10-21)13-28-14-19-11-22-26-27-23(29(22)16-20(19)15-28)24(30)25-12-17-6-3-2-4-7-17;3-2(4,5)1(6)7/h2-10,19-20H,11-16H2,1H3,(H,25,30);(H,6,7). The number of hydrogen-bond donors (Lipinski definition) is 2. The molecule has 1 fully saturated rings. The number of aromatic nitrogens is 3. The molecule has 1 aromatic heterocycles. The van der Waals surface area contributed by atoms with Gasteiger partial charge in [-0.1, -0.05) is 42.5 Å². The Balaban J connectivity index is 0.000000426. The SMILES string of the molecule is COc1cccc(CN2CC3Cc4nnc(C(=O)NCc5ccccc5)n4CC3C2)c1.O=C(O)C(F)(F)F. The first-order valence-corrected chi connectivity index (χ1v) is 12.0. The Morgan fingerprint density at radius 1 is 1.03 bits per heavy atom. The number of carbonyl (C=O) groups excluding carboxylic acids is 1.